The second-order valence-electron chi connectivity index (χ2n) is 8.03. The number of anilines is 2. The fourth-order valence-corrected chi connectivity index (χ4v) is 5.86. The molecule has 1 aromatic carbocycles. The quantitative estimate of drug-likeness (QED) is 0.460. The first-order valence-corrected chi connectivity index (χ1v) is 11.3. The fourth-order valence-electron chi connectivity index (χ4n) is 4.21. The molecule has 3 aliphatic rings. The molecule has 3 unspecified atom stereocenters. The van der Waals surface area contributed by atoms with Gasteiger partial charge in [-0.25, -0.2) is 4.98 Å². The Morgan fingerprint density at radius 1 is 1.25 bits per heavy atom. The predicted octanol–water partition coefficient (Wildman–Crippen LogP) is 2.58. The first-order chi connectivity index (χ1) is 13.6. The number of nitrogens with zero attached hydrogens (tertiary/aromatic N) is 2. The minimum atomic E-state index is -0.724. The number of benzene rings is 1. The Balaban J connectivity index is 1.41. The van der Waals surface area contributed by atoms with Gasteiger partial charge < -0.3 is 19.9 Å². The Kier molecular flexibility index (Phi) is 4.44. The second kappa shape index (κ2) is 6.97. The van der Waals surface area contributed by atoms with Crippen molar-refractivity contribution >= 4 is 28.4 Å². The van der Waals surface area contributed by atoms with E-state index >= 15 is 0 Å². The third kappa shape index (κ3) is 3.44. The van der Waals surface area contributed by atoms with E-state index in [2.05, 4.69) is 9.88 Å². The SMILES string of the molecule is N=C(c1ccnc(N2CC3CC2C[S+]([O-])C3)c1)c1cc(OC2CC2)ccc1N. The van der Waals surface area contributed by atoms with E-state index in [4.69, 9.17) is 15.9 Å². The number of fused-ring (bicyclic) bond motifs is 2. The molecule has 3 atom stereocenters. The summed E-state index contributed by atoms with van der Waals surface area (Å²) in [5.74, 6) is 3.62. The van der Waals surface area contributed by atoms with Crippen molar-refractivity contribution < 1.29 is 9.29 Å². The highest BCUT2D eigenvalue weighted by atomic mass is 32.2. The van der Waals surface area contributed by atoms with Crippen LogP contribution in [0.25, 0.3) is 0 Å². The summed E-state index contributed by atoms with van der Waals surface area (Å²) in [6.07, 6.45) is 5.32. The lowest BCUT2D eigenvalue weighted by Gasteiger charge is -2.26. The van der Waals surface area contributed by atoms with Gasteiger partial charge in [0.2, 0.25) is 0 Å². The summed E-state index contributed by atoms with van der Waals surface area (Å²) < 4.78 is 17.9. The van der Waals surface area contributed by atoms with E-state index in [1.54, 1.807) is 6.20 Å². The molecule has 6 nitrogen and oxygen atoms in total. The average Bonchev–Trinajstić information content (AvgIpc) is 3.45. The van der Waals surface area contributed by atoms with Crippen LogP contribution in [0.2, 0.25) is 0 Å². The van der Waals surface area contributed by atoms with E-state index < -0.39 is 11.2 Å². The number of ether oxygens (including phenoxy) is 1. The average molecular weight is 397 g/mol. The smallest absolute Gasteiger partial charge is 0.129 e. The topological polar surface area (TPSA) is 98.3 Å². The highest BCUT2D eigenvalue weighted by Gasteiger charge is 2.42. The van der Waals surface area contributed by atoms with Gasteiger partial charge in [-0.15, -0.1) is 0 Å². The van der Waals surface area contributed by atoms with E-state index in [1.165, 1.54) is 0 Å². The predicted molar refractivity (Wildman–Crippen MR) is 112 cm³/mol. The Hall–Kier alpha value is -2.25. The van der Waals surface area contributed by atoms with Crippen molar-refractivity contribution in [2.75, 3.05) is 28.7 Å². The Labute approximate surface area is 167 Å². The molecule has 3 fully saturated rings. The number of nitrogens with one attached hydrogen (secondary N) is 1. The zero-order valence-corrected chi connectivity index (χ0v) is 16.5. The van der Waals surface area contributed by atoms with E-state index in [0.29, 0.717) is 34.7 Å². The van der Waals surface area contributed by atoms with Gasteiger partial charge in [-0.2, -0.15) is 0 Å². The van der Waals surface area contributed by atoms with Gasteiger partial charge in [0.25, 0.3) is 0 Å². The van der Waals surface area contributed by atoms with Crippen molar-refractivity contribution in [2.24, 2.45) is 5.92 Å². The van der Waals surface area contributed by atoms with E-state index in [-0.39, 0.29) is 6.04 Å². The maximum Gasteiger partial charge on any atom is 0.129 e. The molecule has 28 heavy (non-hydrogen) atoms. The van der Waals surface area contributed by atoms with Gasteiger partial charge in [0.1, 0.15) is 23.1 Å². The molecule has 7 heteroatoms. The normalized spacial score (nSPS) is 26.3. The van der Waals surface area contributed by atoms with Crippen LogP contribution in [0.5, 0.6) is 5.75 Å². The summed E-state index contributed by atoms with van der Waals surface area (Å²) >= 11 is -0.724. The van der Waals surface area contributed by atoms with Crippen molar-refractivity contribution in [2.45, 2.75) is 31.4 Å². The van der Waals surface area contributed by atoms with Gasteiger partial charge in [0.15, 0.2) is 0 Å². The van der Waals surface area contributed by atoms with Crippen molar-refractivity contribution in [3.05, 3.63) is 47.7 Å². The molecular formula is C21H24N4O2S. The van der Waals surface area contributed by atoms with Gasteiger partial charge in [-0.3, -0.25) is 5.41 Å². The van der Waals surface area contributed by atoms with Crippen LogP contribution >= 0.6 is 0 Å². The van der Waals surface area contributed by atoms with Gasteiger partial charge in [-0.1, -0.05) is 11.2 Å². The van der Waals surface area contributed by atoms with Crippen LogP contribution in [0.15, 0.2) is 36.5 Å². The molecule has 0 amide bonds. The number of hydrogen-bond acceptors (Lipinski definition) is 6. The third-order valence-corrected chi connectivity index (χ3v) is 7.35. The van der Waals surface area contributed by atoms with Crippen LogP contribution in [-0.4, -0.2) is 45.4 Å². The summed E-state index contributed by atoms with van der Waals surface area (Å²) in [7, 11) is 0. The molecule has 146 valence electrons. The molecular weight excluding hydrogens is 372 g/mol. The standard InChI is InChI=1S/C21H24N4O2S/c22-19-4-3-17(27-16-1-2-16)9-18(19)21(23)14-5-6-24-20(8-14)25-10-13-7-15(25)12-28(26)11-13/h3-6,8-9,13,15-16,23H,1-2,7,10-12,22H2. The van der Waals surface area contributed by atoms with Gasteiger partial charge in [-0.05, 0) is 49.6 Å². The van der Waals surface area contributed by atoms with Gasteiger partial charge in [0, 0.05) is 35.5 Å². The molecule has 2 aromatic rings. The molecule has 1 aromatic heterocycles. The molecule has 2 bridgehead atoms. The highest BCUT2D eigenvalue weighted by molar-refractivity contribution is 7.91. The Bertz CT molecular complexity index is 917. The number of aromatic nitrogens is 1. The molecule has 0 radical (unpaired) electrons. The molecule has 2 saturated heterocycles. The number of nitrogen functional groups attached to an aromatic ring is 1. The van der Waals surface area contributed by atoms with Crippen molar-refractivity contribution in [1.82, 2.24) is 4.98 Å². The van der Waals surface area contributed by atoms with Crippen LogP contribution in [0.3, 0.4) is 0 Å². The van der Waals surface area contributed by atoms with Crippen LogP contribution in [0.1, 0.15) is 30.4 Å². The van der Waals surface area contributed by atoms with Gasteiger partial charge in [0.05, 0.1) is 17.9 Å². The van der Waals surface area contributed by atoms with E-state index in [1.807, 2.05) is 30.3 Å². The Morgan fingerprint density at radius 3 is 2.93 bits per heavy atom. The van der Waals surface area contributed by atoms with Crippen LogP contribution in [-0.2, 0) is 11.2 Å². The maximum atomic E-state index is 12.0. The van der Waals surface area contributed by atoms with Crippen molar-refractivity contribution in [1.29, 1.82) is 5.41 Å². The molecule has 1 saturated carbocycles. The lowest BCUT2D eigenvalue weighted by Crippen LogP contribution is -2.36. The molecule has 5 rings (SSSR count). The first kappa shape index (κ1) is 17.8. The summed E-state index contributed by atoms with van der Waals surface area (Å²) in [5.41, 5.74) is 8.56. The minimum absolute atomic E-state index is 0.289. The third-order valence-electron chi connectivity index (χ3n) is 5.75. The first-order valence-electron chi connectivity index (χ1n) is 9.80. The van der Waals surface area contributed by atoms with E-state index in [0.717, 1.165) is 48.7 Å². The number of nitrogens with two attached hydrogens (primary N) is 1. The summed E-state index contributed by atoms with van der Waals surface area (Å²) in [6.45, 7) is 0.896. The fraction of sp³-hybridized carbons (Fsp3) is 0.429. The monoisotopic (exact) mass is 396 g/mol. The van der Waals surface area contributed by atoms with Crippen LogP contribution < -0.4 is 15.4 Å². The molecule has 1 aliphatic carbocycles. The molecule has 0 spiro atoms. The van der Waals surface area contributed by atoms with E-state index in [9.17, 15) is 4.55 Å². The molecule has 3 heterocycles. The highest BCUT2D eigenvalue weighted by Crippen LogP contribution is 2.35. The maximum absolute atomic E-state index is 12.0. The zero-order chi connectivity index (χ0) is 19.3. The zero-order valence-electron chi connectivity index (χ0n) is 15.6. The largest absolute Gasteiger partial charge is 0.616 e. The Morgan fingerprint density at radius 2 is 2.11 bits per heavy atom. The second-order valence-corrected chi connectivity index (χ2v) is 9.57. The van der Waals surface area contributed by atoms with Gasteiger partial charge >= 0.3 is 0 Å². The number of hydrogen-bond donors (Lipinski definition) is 2. The summed E-state index contributed by atoms with van der Waals surface area (Å²) in [6, 6.07) is 9.63. The van der Waals surface area contributed by atoms with Crippen molar-refractivity contribution in [3.63, 3.8) is 0 Å². The number of rotatable bonds is 5. The summed E-state index contributed by atoms with van der Waals surface area (Å²) in [5, 5.41) is 8.72. The molecule has 3 N–H and O–H groups in total. The minimum Gasteiger partial charge on any atom is -0.616 e. The number of pyridine rings is 1. The lowest BCUT2D eigenvalue weighted by atomic mass is 10.0. The van der Waals surface area contributed by atoms with Crippen LogP contribution in [0.4, 0.5) is 11.5 Å². The summed E-state index contributed by atoms with van der Waals surface area (Å²) in [4.78, 5) is 6.81. The van der Waals surface area contributed by atoms with Crippen molar-refractivity contribution in [3.8, 4) is 5.75 Å². The van der Waals surface area contributed by atoms with Crippen LogP contribution in [0, 0.1) is 11.3 Å². The molecule has 2 aliphatic heterocycles. The lowest BCUT2D eigenvalue weighted by molar-refractivity contribution is 0.303.